The fraction of sp³-hybridized carbons (Fsp3) is 0.462. The Morgan fingerprint density at radius 2 is 2.18 bits per heavy atom. The maximum absolute atomic E-state index is 13.8. The summed E-state index contributed by atoms with van der Waals surface area (Å²) in [7, 11) is 0. The molecular formula is C13H16FN3. The van der Waals surface area contributed by atoms with Crippen molar-refractivity contribution in [2.75, 3.05) is 13.1 Å². The van der Waals surface area contributed by atoms with E-state index in [-0.39, 0.29) is 5.82 Å². The Hall–Kier alpha value is -1.42. The van der Waals surface area contributed by atoms with Crippen LogP contribution in [0.1, 0.15) is 12.8 Å². The van der Waals surface area contributed by atoms with Crippen molar-refractivity contribution < 1.29 is 4.39 Å². The second-order valence-corrected chi connectivity index (χ2v) is 4.70. The molecule has 0 bridgehead atoms. The average molecular weight is 233 g/mol. The Labute approximate surface area is 99.7 Å². The van der Waals surface area contributed by atoms with E-state index in [2.05, 4.69) is 10.3 Å². The van der Waals surface area contributed by atoms with E-state index in [0.717, 1.165) is 38.0 Å². The van der Waals surface area contributed by atoms with Crippen molar-refractivity contribution in [3.05, 3.63) is 30.3 Å². The molecule has 1 N–H and O–H groups in total. The van der Waals surface area contributed by atoms with Crippen LogP contribution in [0, 0.1) is 11.7 Å². The Bertz CT molecular complexity index is 514. The minimum atomic E-state index is -0.172. The Balaban J connectivity index is 1.89. The molecule has 0 saturated carbocycles. The van der Waals surface area contributed by atoms with Crippen molar-refractivity contribution in [1.82, 2.24) is 14.9 Å². The zero-order valence-electron chi connectivity index (χ0n) is 9.69. The number of aromatic nitrogens is 2. The lowest BCUT2D eigenvalue weighted by Crippen LogP contribution is -2.29. The van der Waals surface area contributed by atoms with Gasteiger partial charge in [-0.05, 0) is 44.0 Å². The molecule has 1 aromatic carbocycles. The minimum absolute atomic E-state index is 0.172. The molecule has 0 amide bonds. The number of piperidine rings is 1. The van der Waals surface area contributed by atoms with E-state index in [0.29, 0.717) is 11.4 Å². The molecule has 0 radical (unpaired) electrons. The van der Waals surface area contributed by atoms with E-state index in [9.17, 15) is 4.39 Å². The van der Waals surface area contributed by atoms with Gasteiger partial charge in [-0.2, -0.15) is 0 Å². The van der Waals surface area contributed by atoms with Crippen molar-refractivity contribution in [2.45, 2.75) is 19.4 Å². The zero-order chi connectivity index (χ0) is 11.7. The maximum Gasteiger partial charge on any atom is 0.149 e. The lowest BCUT2D eigenvalue weighted by molar-refractivity contribution is 0.335. The summed E-state index contributed by atoms with van der Waals surface area (Å²) in [6.07, 6.45) is 4.08. The number of benzene rings is 1. The summed E-state index contributed by atoms with van der Waals surface area (Å²) in [5, 5.41) is 3.34. The van der Waals surface area contributed by atoms with Crippen LogP contribution in [-0.4, -0.2) is 22.6 Å². The van der Waals surface area contributed by atoms with E-state index in [4.69, 9.17) is 0 Å². The van der Waals surface area contributed by atoms with E-state index in [1.165, 1.54) is 6.07 Å². The molecule has 0 atom stereocenters. The maximum atomic E-state index is 13.8. The number of imidazole rings is 1. The number of fused-ring (bicyclic) bond motifs is 1. The van der Waals surface area contributed by atoms with Crippen LogP contribution in [0.25, 0.3) is 11.0 Å². The molecule has 3 rings (SSSR count). The molecule has 0 unspecified atom stereocenters. The van der Waals surface area contributed by atoms with E-state index in [1.807, 2.05) is 10.6 Å². The van der Waals surface area contributed by atoms with Crippen LogP contribution < -0.4 is 5.32 Å². The fourth-order valence-corrected chi connectivity index (χ4v) is 2.56. The highest BCUT2D eigenvalue weighted by atomic mass is 19.1. The average Bonchev–Trinajstić information content (AvgIpc) is 2.75. The number of para-hydroxylation sites is 1. The van der Waals surface area contributed by atoms with Gasteiger partial charge in [-0.1, -0.05) is 6.07 Å². The van der Waals surface area contributed by atoms with Gasteiger partial charge in [-0.15, -0.1) is 0 Å². The summed E-state index contributed by atoms with van der Waals surface area (Å²) in [6.45, 7) is 3.01. The molecular weight excluding hydrogens is 217 g/mol. The molecule has 4 heteroatoms. The van der Waals surface area contributed by atoms with Gasteiger partial charge < -0.3 is 9.88 Å². The second-order valence-electron chi connectivity index (χ2n) is 4.70. The van der Waals surface area contributed by atoms with Crippen LogP contribution >= 0.6 is 0 Å². The first-order valence-electron chi connectivity index (χ1n) is 6.14. The van der Waals surface area contributed by atoms with Gasteiger partial charge in [-0.3, -0.25) is 0 Å². The van der Waals surface area contributed by atoms with Gasteiger partial charge in [-0.25, -0.2) is 9.37 Å². The molecule has 0 spiro atoms. The normalized spacial score (nSPS) is 17.7. The highest BCUT2D eigenvalue weighted by Crippen LogP contribution is 2.20. The van der Waals surface area contributed by atoms with Crippen molar-refractivity contribution in [1.29, 1.82) is 0 Å². The SMILES string of the molecule is Fc1cccc2ncn(CC3CCNCC3)c12. The number of rotatable bonds is 2. The predicted molar refractivity (Wildman–Crippen MR) is 65.3 cm³/mol. The fourth-order valence-electron chi connectivity index (χ4n) is 2.56. The molecule has 1 aliphatic rings. The Morgan fingerprint density at radius 1 is 1.35 bits per heavy atom. The monoisotopic (exact) mass is 233 g/mol. The van der Waals surface area contributed by atoms with Gasteiger partial charge in [0.2, 0.25) is 0 Å². The topological polar surface area (TPSA) is 29.9 Å². The standard InChI is InChI=1S/C13H16FN3/c14-11-2-1-3-12-13(11)17(9-16-12)8-10-4-6-15-7-5-10/h1-3,9-10,15H,4-8H2. The highest BCUT2D eigenvalue weighted by Gasteiger charge is 2.15. The van der Waals surface area contributed by atoms with Gasteiger partial charge in [0, 0.05) is 6.54 Å². The first-order valence-corrected chi connectivity index (χ1v) is 6.14. The molecule has 1 aliphatic heterocycles. The Morgan fingerprint density at radius 3 is 3.00 bits per heavy atom. The Kier molecular flexibility index (Phi) is 2.81. The van der Waals surface area contributed by atoms with Crippen molar-refractivity contribution in [3.8, 4) is 0 Å². The van der Waals surface area contributed by atoms with Gasteiger partial charge in [0.1, 0.15) is 11.3 Å². The van der Waals surface area contributed by atoms with Crippen molar-refractivity contribution in [3.63, 3.8) is 0 Å². The predicted octanol–water partition coefficient (Wildman–Crippen LogP) is 2.17. The van der Waals surface area contributed by atoms with Crippen LogP contribution in [0.5, 0.6) is 0 Å². The molecule has 3 nitrogen and oxygen atoms in total. The van der Waals surface area contributed by atoms with Gasteiger partial charge in [0.05, 0.1) is 11.8 Å². The van der Waals surface area contributed by atoms with Gasteiger partial charge >= 0.3 is 0 Å². The van der Waals surface area contributed by atoms with Gasteiger partial charge in [0.15, 0.2) is 0 Å². The number of hydrogen-bond donors (Lipinski definition) is 1. The van der Waals surface area contributed by atoms with Gasteiger partial charge in [0.25, 0.3) is 0 Å². The molecule has 2 heterocycles. The summed E-state index contributed by atoms with van der Waals surface area (Å²) in [5.41, 5.74) is 1.39. The minimum Gasteiger partial charge on any atom is -0.328 e. The highest BCUT2D eigenvalue weighted by molar-refractivity contribution is 5.75. The lowest BCUT2D eigenvalue weighted by atomic mass is 9.98. The molecule has 1 saturated heterocycles. The first-order chi connectivity index (χ1) is 8.34. The van der Waals surface area contributed by atoms with Crippen LogP contribution in [0.4, 0.5) is 4.39 Å². The number of nitrogens with one attached hydrogen (secondary N) is 1. The summed E-state index contributed by atoms with van der Waals surface area (Å²) in [6, 6.07) is 5.07. The van der Waals surface area contributed by atoms with Crippen LogP contribution in [-0.2, 0) is 6.54 Å². The summed E-state index contributed by atoms with van der Waals surface area (Å²) in [5.74, 6) is 0.460. The largest absolute Gasteiger partial charge is 0.328 e. The number of hydrogen-bond acceptors (Lipinski definition) is 2. The van der Waals surface area contributed by atoms with E-state index >= 15 is 0 Å². The quantitative estimate of drug-likeness (QED) is 0.861. The smallest absolute Gasteiger partial charge is 0.149 e. The van der Waals surface area contributed by atoms with Crippen molar-refractivity contribution >= 4 is 11.0 Å². The number of halogens is 1. The van der Waals surface area contributed by atoms with E-state index in [1.54, 1.807) is 12.4 Å². The van der Waals surface area contributed by atoms with Crippen LogP contribution in [0.15, 0.2) is 24.5 Å². The van der Waals surface area contributed by atoms with Crippen LogP contribution in [0.2, 0.25) is 0 Å². The molecule has 1 aromatic heterocycles. The summed E-state index contributed by atoms with van der Waals surface area (Å²) < 4.78 is 15.7. The zero-order valence-corrected chi connectivity index (χ0v) is 9.69. The third-order valence-electron chi connectivity index (χ3n) is 3.50. The van der Waals surface area contributed by atoms with Crippen molar-refractivity contribution in [2.24, 2.45) is 5.92 Å². The molecule has 90 valence electrons. The number of nitrogens with zero attached hydrogens (tertiary/aromatic N) is 2. The molecule has 2 aromatic rings. The second kappa shape index (κ2) is 4.45. The lowest BCUT2D eigenvalue weighted by Gasteiger charge is -2.23. The summed E-state index contributed by atoms with van der Waals surface area (Å²) in [4.78, 5) is 4.25. The molecule has 17 heavy (non-hydrogen) atoms. The van der Waals surface area contributed by atoms with Crippen LogP contribution in [0.3, 0.4) is 0 Å². The molecule has 1 fully saturated rings. The third-order valence-corrected chi connectivity index (χ3v) is 3.50. The third kappa shape index (κ3) is 2.05. The van der Waals surface area contributed by atoms with E-state index < -0.39 is 0 Å². The first kappa shape index (κ1) is 10.7. The summed E-state index contributed by atoms with van der Waals surface area (Å²) >= 11 is 0. The molecule has 0 aliphatic carbocycles.